The molecule has 2 aliphatic rings. The van der Waals surface area contributed by atoms with Crippen molar-refractivity contribution in [3.05, 3.63) is 72.9 Å². The van der Waals surface area contributed by atoms with Crippen molar-refractivity contribution in [1.82, 2.24) is 5.32 Å². The third-order valence-corrected chi connectivity index (χ3v) is 20.6. The Labute approximate surface area is 618 Å². The van der Waals surface area contributed by atoms with Crippen molar-refractivity contribution in [3.63, 3.8) is 0 Å². The lowest BCUT2D eigenvalue weighted by molar-refractivity contribution is -0.359. The largest absolute Gasteiger partial charge is 0.394 e. The van der Waals surface area contributed by atoms with Crippen molar-refractivity contribution in [1.29, 1.82) is 0 Å². The minimum atomic E-state index is -1.79. The van der Waals surface area contributed by atoms with Crippen LogP contribution in [0.3, 0.4) is 0 Å². The molecule has 2 saturated heterocycles. The van der Waals surface area contributed by atoms with Gasteiger partial charge in [0.2, 0.25) is 5.91 Å². The van der Waals surface area contributed by atoms with E-state index in [1.807, 2.05) is 6.08 Å². The summed E-state index contributed by atoms with van der Waals surface area (Å²) < 4.78 is 23.0. The molecule has 0 aromatic rings. The number of carbonyl (C=O) groups is 1. The van der Waals surface area contributed by atoms with Crippen LogP contribution in [0.5, 0.6) is 0 Å². The average Bonchev–Trinajstić information content (AvgIpc) is 0.791. The molecule has 101 heavy (non-hydrogen) atoms. The number of aliphatic hydroxyl groups is 8. The number of rotatable bonds is 72. The number of allylic oxidation sites excluding steroid dienone is 11. The number of amides is 1. The number of hydrogen-bond acceptors (Lipinski definition) is 13. The molecular weight excluding hydrogens is 1270 g/mol. The summed E-state index contributed by atoms with van der Waals surface area (Å²) in [7, 11) is 0. The summed E-state index contributed by atoms with van der Waals surface area (Å²) in [6.45, 7) is 2.75. The van der Waals surface area contributed by atoms with Crippen LogP contribution in [-0.4, -0.2) is 140 Å². The van der Waals surface area contributed by atoms with Crippen molar-refractivity contribution in [3.8, 4) is 0 Å². The monoisotopic (exact) mass is 1430 g/mol. The number of aliphatic hydroxyl groups excluding tert-OH is 8. The molecule has 2 fully saturated rings. The third kappa shape index (κ3) is 53.0. The van der Waals surface area contributed by atoms with Crippen LogP contribution in [0.25, 0.3) is 0 Å². The summed E-state index contributed by atoms with van der Waals surface area (Å²) in [5.74, 6) is -0.233. The van der Waals surface area contributed by atoms with Crippen LogP contribution in [-0.2, 0) is 23.7 Å². The molecule has 0 bridgehead atoms. The van der Waals surface area contributed by atoms with Crippen molar-refractivity contribution >= 4 is 5.91 Å². The maximum atomic E-state index is 13.4. The standard InChI is InChI=1S/C87H159NO13/c1-3-5-7-9-11-13-15-17-19-21-23-25-27-29-31-33-35-37-38-39-41-43-45-47-49-51-53-55-57-59-61-63-65-67-69-71-79(92)88-75(74-98-86-84(97)82(95)85(78(73-90)100-86)101-87-83(96)81(94)80(93)77(72-89)99-87)76(91)70-68-66-64-62-60-58-56-54-52-50-48-46-44-42-40-36-34-32-30-28-26-24-22-20-18-16-14-12-10-8-6-4-2/h5,7,11,13,17,19,23,25,29,31,68,70,75-78,80-87,89-91,93-97H,3-4,6,8-10,12,14-16,18,20-22,24,26-28,30,32-67,69,71-74H2,1-2H3,(H,88,92)/b7-5-,13-11-,19-17-,25-23-,31-29-,70-68+. The second-order valence-electron chi connectivity index (χ2n) is 29.9. The van der Waals surface area contributed by atoms with Crippen LogP contribution in [0.2, 0.25) is 0 Å². The smallest absolute Gasteiger partial charge is 0.220 e. The molecule has 590 valence electrons. The van der Waals surface area contributed by atoms with E-state index in [0.29, 0.717) is 6.42 Å². The second-order valence-corrected chi connectivity index (χ2v) is 29.9. The molecule has 0 aromatic carbocycles. The predicted octanol–water partition coefficient (Wildman–Crippen LogP) is 20.1. The topological polar surface area (TPSA) is 228 Å². The van der Waals surface area contributed by atoms with E-state index in [9.17, 15) is 45.6 Å². The molecule has 9 N–H and O–H groups in total. The number of nitrogens with one attached hydrogen (secondary N) is 1. The Balaban J connectivity index is 1.59. The van der Waals surface area contributed by atoms with Crippen molar-refractivity contribution in [2.75, 3.05) is 19.8 Å². The number of hydrogen-bond donors (Lipinski definition) is 9. The Morgan fingerprint density at radius 2 is 0.683 bits per heavy atom. The first-order valence-electron chi connectivity index (χ1n) is 42.7. The molecule has 2 aliphatic heterocycles. The molecule has 0 spiro atoms. The normalized spacial score (nSPS) is 22.1. The fraction of sp³-hybridized carbons (Fsp3) is 0.851. The maximum Gasteiger partial charge on any atom is 0.220 e. The Kier molecular flexibility index (Phi) is 65.9. The van der Waals surface area contributed by atoms with Gasteiger partial charge in [0.25, 0.3) is 0 Å². The van der Waals surface area contributed by atoms with Gasteiger partial charge in [-0.3, -0.25) is 4.79 Å². The summed E-state index contributed by atoms with van der Waals surface area (Å²) in [6, 6.07) is -0.918. The maximum absolute atomic E-state index is 13.4. The van der Waals surface area contributed by atoms with Crippen LogP contribution in [0.1, 0.15) is 380 Å². The zero-order chi connectivity index (χ0) is 73.0. The van der Waals surface area contributed by atoms with E-state index >= 15 is 0 Å². The van der Waals surface area contributed by atoms with Gasteiger partial charge >= 0.3 is 0 Å². The van der Waals surface area contributed by atoms with Gasteiger partial charge in [-0.25, -0.2) is 0 Å². The zero-order valence-corrected chi connectivity index (χ0v) is 64.9. The van der Waals surface area contributed by atoms with Gasteiger partial charge < -0.3 is 65.1 Å². The van der Waals surface area contributed by atoms with E-state index < -0.39 is 86.8 Å². The summed E-state index contributed by atoms with van der Waals surface area (Å²) in [4.78, 5) is 13.4. The van der Waals surface area contributed by atoms with Crippen LogP contribution in [0.4, 0.5) is 0 Å². The summed E-state index contributed by atoms with van der Waals surface area (Å²) in [6.07, 6.45) is 81.4. The highest BCUT2D eigenvalue weighted by atomic mass is 16.7. The number of unbranched alkanes of at least 4 members (excludes halogenated alkanes) is 49. The van der Waals surface area contributed by atoms with Crippen LogP contribution >= 0.6 is 0 Å². The Hall–Kier alpha value is -2.57. The molecular formula is C87H159NO13. The highest BCUT2D eigenvalue weighted by Gasteiger charge is 2.51. The molecule has 0 radical (unpaired) electrons. The van der Waals surface area contributed by atoms with Gasteiger partial charge in [-0.05, 0) is 64.2 Å². The molecule has 1 amide bonds. The third-order valence-electron chi connectivity index (χ3n) is 20.6. The molecule has 0 saturated carbocycles. The van der Waals surface area contributed by atoms with Gasteiger partial charge in [-0.15, -0.1) is 0 Å². The van der Waals surface area contributed by atoms with Crippen molar-refractivity contribution in [2.45, 2.75) is 453 Å². The quantitative estimate of drug-likeness (QED) is 0.0204. The minimum absolute atomic E-state index is 0.233. The van der Waals surface area contributed by atoms with Gasteiger partial charge in [-0.2, -0.15) is 0 Å². The van der Waals surface area contributed by atoms with E-state index in [2.05, 4.69) is 79.9 Å². The lowest BCUT2D eigenvalue weighted by Gasteiger charge is -2.46. The second kappa shape index (κ2) is 70.4. The van der Waals surface area contributed by atoms with Crippen LogP contribution in [0, 0.1) is 0 Å². The van der Waals surface area contributed by atoms with Crippen LogP contribution < -0.4 is 5.32 Å². The summed E-state index contributed by atoms with van der Waals surface area (Å²) in [5, 5.41) is 87.8. The Morgan fingerprint density at radius 1 is 0.366 bits per heavy atom. The number of carbonyl (C=O) groups excluding carboxylic acids is 1. The highest BCUT2D eigenvalue weighted by Crippen LogP contribution is 2.30. The van der Waals surface area contributed by atoms with Gasteiger partial charge in [0, 0.05) is 6.42 Å². The molecule has 2 rings (SSSR count). The molecule has 0 aromatic heterocycles. The van der Waals surface area contributed by atoms with Gasteiger partial charge in [0.15, 0.2) is 12.6 Å². The van der Waals surface area contributed by atoms with E-state index in [-0.39, 0.29) is 18.9 Å². The first-order chi connectivity index (χ1) is 49.6. The van der Waals surface area contributed by atoms with Crippen LogP contribution in [0.15, 0.2) is 72.9 Å². The lowest BCUT2D eigenvalue weighted by atomic mass is 9.97. The van der Waals surface area contributed by atoms with Gasteiger partial charge in [0.1, 0.15) is 48.8 Å². The highest BCUT2D eigenvalue weighted by molar-refractivity contribution is 5.76. The Bertz CT molecular complexity index is 1980. The molecule has 12 atom stereocenters. The molecule has 0 aliphatic carbocycles. The molecule has 14 nitrogen and oxygen atoms in total. The minimum Gasteiger partial charge on any atom is -0.394 e. The molecule has 12 unspecified atom stereocenters. The van der Waals surface area contributed by atoms with E-state index in [1.165, 1.54) is 283 Å². The Morgan fingerprint density at radius 3 is 1.05 bits per heavy atom. The van der Waals surface area contributed by atoms with Crippen molar-refractivity contribution < 1.29 is 64.6 Å². The fourth-order valence-corrected chi connectivity index (χ4v) is 14.0. The van der Waals surface area contributed by atoms with E-state index in [0.717, 1.165) is 70.6 Å². The first-order valence-corrected chi connectivity index (χ1v) is 42.7. The van der Waals surface area contributed by atoms with Crippen molar-refractivity contribution in [2.24, 2.45) is 0 Å². The zero-order valence-electron chi connectivity index (χ0n) is 64.9. The molecule has 2 heterocycles. The lowest BCUT2D eigenvalue weighted by Crippen LogP contribution is -2.65. The fourth-order valence-electron chi connectivity index (χ4n) is 14.0. The molecule has 14 heteroatoms. The first kappa shape index (κ1) is 94.5. The summed E-state index contributed by atoms with van der Waals surface area (Å²) >= 11 is 0. The van der Waals surface area contributed by atoms with E-state index in [1.54, 1.807) is 6.08 Å². The van der Waals surface area contributed by atoms with Gasteiger partial charge in [-0.1, -0.05) is 382 Å². The van der Waals surface area contributed by atoms with Gasteiger partial charge in [0.05, 0.1) is 32.0 Å². The number of ether oxygens (including phenoxy) is 4. The predicted molar refractivity (Wildman–Crippen MR) is 420 cm³/mol. The average molecular weight is 1430 g/mol. The SMILES string of the molecule is CC/C=C\C/C=C\C/C=C\C/C=C\C/C=C\CCCCCCCCCCCCCCCCCCCCCC(=O)NC(COC1OC(CO)C(OC2OC(CO)C(O)C(O)C2O)C(O)C1O)C(O)/C=C/CCCCCCCCCCCCCCCCCCCCCCCCCCCCCCCC. The van der Waals surface area contributed by atoms with E-state index in [4.69, 9.17) is 18.9 Å². The summed E-state index contributed by atoms with van der Waals surface area (Å²) in [5.41, 5.74) is 0.